The Morgan fingerprint density at radius 2 is 1.93 bits per heavy atom. The van der Waals surface area contributed by atoms with E-state index in [0.717, 1.165) is 55.0 Å². The fourth-order valence-electron chi connectivity index (χ4n) is 3.67. The third-order valence-electron chi connectivity index (χ3n) is 5.07. The van der Waals surface area contributed by atoms with Crippen LogP contribution in [-0.4, -0.2) is 58.7 Å². The van der Waals surface area contributed by atoms with E-state index in [-0.39, 0.29) is 0 Å². The first-order valence-corrected chi connectivity index (χ1v) is 9.12. The molecule has 0 N–H and O–H groups in total. The number of fused-ring (bicyclic) bond motifs is 1. The van der Waals surface area contributed by atoms with Crippen molar-refractivity contribution in [3.8, 4) is 5.88 Å². The lowest BCUT2D eigenvalue weighted by atomic mass is 9.96. The molecule has 1 aliphatic heterocycles. The largest absolute Gasteiger partial charge is 0.478 e. The van der Waals surface area contributed by atoms with Crippen molar-refractivity contribution in [2.45, 2.75) is 12.8 Å². The monoisotopic (exact) mass is 365 g/mol. The highest BCUT2D eigenvalue weighted by Crippen LogP contribution is 2.28. The Balaban J connectivity index is 1.42. The van der Waals surface area contributed by atoms with Crippen molar-refractivity contribution in [2.75, 3.05) is 43.6 Å². The molecule has 3 aromatic heterocycles. The molecule has 1 saturated heterocycles. The van der Waals surface area contributed by atoms with E-state index in [0.29, 0.717) is 11.8 Å². The van der Waals surface area contributed by atoms with Gasteiger partial charge in [0.05, 0.1) is 18.8 Å². The van der Waals surface area contributed by atoms with E-state index in [4.69, 9.17) is 4.74 Å². The highest BCUT2D eigenvalue weighted by Gasteiger charge is 2.24. The Morgan fingerprint density at radius 3 is 2.74 bits per heavy atom. The standard InChI is InChI=1S/C19H23N7O/c1-25(18-19(27-2)22-8-7-21-18)12-14-4-9-26(10-5-14)17-15-3-6-20-11-16(15)23-13-24-17/h3,6-8,11,13-14H,4-5,9-10,12H2,1-2H3. The van der Waals surface area contributed by atoms with Crippen LogP contribution in [0.25, 0.3) is 10.9 Å². The third kappa shape index (κ3) is 3.60. The lowest BCUT2D eigenvalue weighted by molar-refractivity contribution is 0.386. The lowest BCUT2D eigenvalue weighted by Crippen LogP contribution is -2.38. The summed E-state index contributed by atoms with van der Waals surface area (Å²) in [6.07, 6.45) is 10.8. The van der Waals surface area contributed by atoms with Gasteiger partial charge in [-0.1, -0.05) is 0 Å². The Labute approximate surface area is 158 Å². The third-order valence-corrected chi connectivity index (χ3v) is 5.07. The van der Waals surface area contributed by atoms with Crippen LogP contribution in [0.3, 0.4) is 0 Å². The van der Waals surface area contributed by atoms with Crippen LogP contribution in [0.4, 0.5) is 11.6 Å². The van der Waals surface area contributed by atoms with Crippen LogP contribution in [-0.2, 0) is 0 Å². The van der Waals surface area contributed by atoms with Gasteiger partial charge in [0.2, 0.25) is 0 Å². The van der Waals surface area contributed by atoms with E-state index < -0.39 is 0 Å². The van der Waals surface area contributed by atoms with E-state index >= 15 is 0 Å². The van der Waals surface area contributed by atoms with Gasteiger partial charge < -0.3 is 14.5 Å². The minimum atomic E-state index is 0.568. The molecule has 0 saturated carbocycles. The van der Waals surface area contributed by atoms with Crippen molar-refractivity contribution in [2.24, 2.45) is 5.92 Å². The minimum Gasteiger partial charge on any atom is -0.478 e. The zero-order chi connectivity index (χ0) is 18.6. The lowest BCUT2D eigenvalue weighted by Gasteiger charge is -2.35. The summed E-state index contributed by atoms with van der Waals surface area (Å²) in [6, 6.07) is 1.99. The van der Waals surface area contributed by atoms with Gasteiger partial charge in [0.15, 0.2) is 5.82 Å². The number of rotatable bonds is 5. The smallest absolute Gasteiger partial charge is 0.257 e. The first-order chi connectivity index (χ1) is 13.3. The van der Waals surface area contributed by atoms with Gasteiger partial charge in [-0.25, -0.2) is 19.9 Å². The summed E-state index contributed by atoms with van der Waals surface area (Å²) < 4.78 is 5.33. The molecule has 8 nitrogen and oxygen atoms in total. The predicted molar refractivity (Wildman–Crippen MR) is 104 cm³/mol. The zero-order valence-corrected chi connectivity index (χ0v) is 15.6. The van der Waals surface area contributed by atoms with Gasteiger partial charge >= 0.3 is 0 Å². The Hall–Kier alpha value is -3.03. The molecule has 0 radical (unpaired) electrons. The summed E-state index contributed by atoms with van der Waals surface area (Å²) in [4.78, 5) is 26.1. The van der Waals surface area contributed by atoms with Gasteiger partial charge in [-0.3, -0.25) is 4.98 Å². The first-order valence-electron chi connectivity index (χ1n) is 9.12. The molecule has 27 heavy (non-hydrogen) atoms. The highest BCUT2D eigenvalue weighted by molar-refractivity contribution is 5.88. The van der Waals surface area contributed by atoms with Crippen LogP contribution in [0.15, 0.2) is 37.2 Å². The Morgan fingerprint density at radius 1 is 1.11 bits per heavy atom. The van der Waals surface area contributed by atoms with E-state index in [1.807, 2.05) is 13.1 Å². The van der Waals surface area contributed by atoms with Gasteiger partial charge in [0.1, 0.15) is 12.1 Å². The summed E-state index contributed by atoms with van der Waals surface area (Å²) in [7, 11) is 3.67. The molecule has 140 valence electrons. The molecule has 4 heterocycles. The number of ether oxygens (including phenoxy) is 1. The topological polar surface area (TPSA) is 80.2 Å². The number of piperidine rings is 1. The van der Waals surface area contributed by atoms with Crippen molar-refractivity contribution in [1.29, 1.82) is 0 Å². The molecule has 0 aliphatic carbocycles. The molecule has 4 rings (SSSR count). The molecular weight excluding hydrogens is 342 g/mol. The van der Waals surface area contributed by atoms with E-state index in [1.54, 1.807) is 38.2 Å². The van der Waals surface area contributed by atoms with Gasteiger partial charge in [0, 0.05) is 50.7 Å². The molecule has 0 bridgehead atoms. The normalized spacial score (nSPS) is 15.1. The summed E-state index contributed by atoms with van der Waals surface area (Å²) >= 11 is 0. The number of aromatic nitrogens is 5. The summed E-state index contributed by atoms with van der Waals surface area (Å²) in [6.45, 7) is 2.88. The SMILES string of the molecule is COc1nccnc1N(C)CC1CCN(c2ncnc3cnccc23)CC1. The summed E-state index contributed by atoms with van der Waals surface area (Å²) in [5.74, 6) is 2.95. The summed E-state index contributed by atoms with van der Waals surface area (Å²) in [5, 5.41) is 1.06. The number of pyridine rings is 1. The first kappa shape index (κ1) is 17.4. The van der Waals surface area contributed by atoms with E-state index in [1.165, 1.54) is 0 Å². The second kappa shape index (κ2) is 7.69. The van der Waals surface area contributed by atoms with Crippen LogP contribution in [0.1, 0.15) is 12.8 Å². The van der Waals surface area contributed by atoms with Crippen molar-refractivity contribution in [1.82, 2.24) is 24.9 Å². The van der Waals surface area contributed by atoms with Crippen LogP contribution in [0, 0.1) is 5.92 Å². The molecule has 0 unspecified atom stereocenters. The molecule has 8 heteroatoms. The molecule has 1 fully saturated rings. The van der Waals surface area contributed by atoms with Crippen molar-refractivity contribution < 1.29 is 4.74 Å². The second-order valence-electron chi connectivity index (χ2n) is 6.79. The fraction of sp³-hybridized carbons (Fsp3) is 0.421. The number of anilines is 2. The van der Waals surface area contributed by atoms with E-state index in [9.17, 15) is 0 Å². The Bertz CT molecular complexity index is 906. The minimum absolute atomic E-state index is 0.568. The number of nitrogens with zero attached hydrogens (tertiary/aromatic N) is 7. The Kier molecular flexibility index (Phi) is 4.95. The van der Waals surface area contributed by atoms with Gasteiger partial charge in [-0.05, 0) is 24.8 Å². The number of hydrogen-bond acceptors (Lipinski definition) is 8. The van der Waals surface area contributed by atoms with Crippen molar-refractivity contribution in [3.63, 3.8) is 0 Å². The van der Waals surface area contributed by atoms with Crippen LogP contribution < -0.4 is 14.5 Å². The quantitative estimate of drug-likeness (QED) is 0.681. The average Bonchev–Trinajstić information content (AvgIpc) is 2.74. The van der Waals surface area contributed by atoms with Gasteiger partial charge in [-0.15, -0.1) is 0 Å². The van der Waals surface area contributed by atoms with Crippen molar-refractivity contribution in [3.05, 3.63) is 37.2 Å². The van der Waals surface area contributed by atoms with Crippen LogP contribution in [0.2, 0.25) is 0 Å². The van der Waals surface area contributed by atoms with Crippen LogP contribution >= 0.6 is 0 Å². The van der Waals surface area contributed by atoms with Crippen LogP contribution in [0.5, 0.6) is 5.88 Å². The highest BCUT2D eigenvalue weighted by atomic mass is 16.5. The second-order valence-corrected chi connectivity index (χ2v) is 6.79. The van der Waals surface area contributed by atoms with Gasteiger partial charge in [-0.2, -0.15) is 0 Å². The van der Waals surface area contributed by atoms with Gasteiger partial charge in [0.25, 0.3) is 5.88 Å². The molecular formula is C19H23N7O. The van der Waals surface area contributed by atoms with E-state index in [2.05, 4.69) is 34.7 Å². The van der Waals surface area contributed by atoms with Crippen molar-refractivity contribution >= 4 is 22.5 Å². The molecule has 0 atom stereocenters. The zero-order valence-electron chi connectivity index (χ0n) is 15.6. The average molecular weight is 365 g/mol. The number of hydrogen-bond donors (Lipinski definition) is 0. The predicted octanol–water partition coefficient (Wildman–Crippen LogP) is 2.18. The fourth-order valence-corrected chi connectivity index (χ4v) is 3.67. The number of methoxy groups -OCH3 is 1. The molecule has 0 amide bonds. The molecule has 1 aliphatic rings. The summed E-state index contributed by atoms with van der Waals surface area (Å²) in [5.41, 5.74) is 0.888. The maximum absolute atomic E-state index is 5.33. The maximum Gasteiger partial charge on any atom is 0.257 e. The molecule has 0 aromatic carbocycles. The molecule has 0 spiro atoms. The maximum atomic E-state index is 5.33. The molecule has 3 aromatic rings.